The Morgan fingerprint density at radius 3 is 2.71 bits per heavy atom. The average Bonchev–Trinajstić information content (AvgIpc) is 3.12. The zero-order chi connectivity index (χ0) is 16.7. The number of carbonyl (C=O) groups is 1. The molecular formula is C18H19N5O. The molecule has 0 bridgehead atoms. The molecule has 1 aliphatic heterocycles. The number of carbonyl (C=O) groups excluding carboxylic acids is 1. The molecule has 6 heteroatoms. The van der Waals surface area contributed by atoms with Crippen LogP contribution in [-0.2, 0) is 18.4 Å². The topological polar surface area (TPSA) is 64.7 Å². The second-order valence-corrected chi connectivity index (χ2v) is 6.21. The van der Waals surface area contributed by atoms with Crippen LogP contribution < -0.4 is 5.32 Å². The van der Waals surface area contributed by atoms with Crippen molar-refractivity contribution in [1.82, 2.24) is 19.6 Å². The molecule has 1 N–H and O–H groups in total. The van der Waals surface area contributed by atoms with E-state index >= 15 is 0 Å². The van der Waals surface area contributed by atoms with Crippen LogP contribution in [0.2, 0.25) is 0 Å². The number of hydrogen-bond donors (Lipinski definition) is 1. The molecule has 6 nitrogen and oxygen atoms in total. The Labute approximate surface area is 140 Å². The van der Waals surface area contributed by atoms with Crippen LogP contribution in [0.4, 0.5) is 5.82 Å². The Morgan fingerprint density at radius 2 is 2.00 bits per heavy atom. The van der Waals surface area contributed by atoms with E-state index in [1.54, 1.807) is 4.68 Å². The molecule has 0 spiro atoms. The third-order valence-corrected chi connectivity index (χ3v) is 4.52. The van der Waals surface area contributed by atoms with Gasteiger partial charge in [-0.1, -0.05) is 30.3 Å². The third-order valence-electron chi connectivity index (χ3n) is 4.52. The van der Waals surface area contributed by atoms with Crippen molar-refractivity contribution in [3.05, 3.63) is 65.1 Å². The Morgan fingerprint density at radius 1 is 1.21 bits per heavy atom. The van der Waals surface area contributed by atoms with Crippen LogP contribution >= 0.6 is 0 Å². The molecule has 3 heterocycles. The van der Waals surface area contributed by atoms with Gasteiger partial charge in [-0.15, -0.1) is 0 Å². The number of nitrogens with zero attached hydrogens (tertiary/aromatic N) is 4. The molecule has 2 aromatic heterocycles. The van der Waals surface area contributed by atoms with E-state index in [2.05, 4.69) is 34.6 Å². The van der Waals surface area contributed by atoms with Crippen LogP contribution in [0.5, 0.6) is 0 Å². The van der Waals surface area contributed by atoms with E-state index in [9.17, 15) is 4.79 Å². The summed E-state index contributed by atoms with van der Waals surface area (Å²) in [5.41, 5.74) is 4.24. The molecule has 122 valence electrons. The molecule has 1 aliphatic rings. The van der Waals surface area contributed by atoms with Crippen LogP contribution in [0.25, 0.3) is 0 Å². The fraction of sp³-hybridized carbons (Fsp3) is 0.278. The largest absolute Gasteiger partial charge is 0.309 e. The predicted octanol–water partition coefficient (Wildman–Crippen LogP) is 2.45. The molecule has 24 heavy (non-hydrogen) atoms. The maximum absolute atomic E-state index is 12.1. The van der Waals surface area contributed by atoms with E-state index in [1.807, 2.05) is 42.2 Å². The number of hydrogen-bond acceptors (Lipinski definition) is 3. The van der Waals surface area contributed by atoms with Crippen molar-refractivity contribution in [2.45, 2.75) is 25.8 Å². The van der Waals surface area contributed by atoms with Crippen LogP contribution in [0.1, 0.15) is 34.9 Å². The molecule has 0 radical (unpaired) electrons. The molecular weight excluding hydrogens is 302 g/mol. The Kier molecular flexibility index (Phi) is 3.45. The summed E-state index contributed by atoms with van der Waals surface area (Å²) in [6.45, 7) is 2.74. The molecule has 1 amide bonds. The standard InChI is InChI=1S/C18H19N5O/c1-12-17-14(15-8-9-22(2)20-15)10-16(24)19-18(17)21-23(12)11-13-6-4-3-5-7-13/h3-9,14H,10-11H2,1-2H3,(H,19,21,24). The van der Waals surface area contributed by atoms with E-state index in [4.69, 9.17) is 0 Å². The first kappa shape index (κ1) is 14.7. The van der Waals surface area contributed by atoms with Crippen LogP contribution in [-0.4, -0.2) is 25.5 Å². The summed E-state index contributed by atoms with van der Waals surface area (Å²) in [6.07, 6.45) is 2.31. The van der Waals surface area contributed by atoms with Gasteiger partial charge in [-0.2, -0.15) is 10.2 Å². The van der Waals surface area contributed by atoms with E-state index in [-0.39, 0.29) is 11.8 Å². The number of aryl methyl sites for hydroxylation is 1. The minimum atomic E-state index is -0.0422. The summed E-state index contributed by atoms with van der Waals surface area (Å²) in [6, 6.07) is 12.2. The molecule has 0 aliphatic carbocycles. The van der Waals surface area contributed by atoms with Crippen molar-refractivity contribution in [3.63, 3.8) is 0 Å². The van der Waals surface area contributed by atoms with Crippen LogP contribution in [0.15, 0.2) is 42.6 Å². The van der Waals surface area contributed by atoms with Crippen molar-refractivity contribution < 1.29 is 4.79 Å². The van der Waals surface area contributed by atoms with Crippen molar-refractivity contribution in [1.29, 1.82) is 0 Å². The Bertz CT molecular complexity index is 894. The highest BCUT2D eigenvalue weighted by Crippen LogP contribution is 2.38. The van der Waals surface area contributed by atoms with Gasteiger partial charge in [0.15, 0.2) is 5.82 Å². The quantitative estimate of drug-likeness (QED) is 0.806. The number of benzene rings is 1. The molecule has 1 aromatic carbocycles. The van der Waals surface area contributed by atoms with E-state index in [0.29, 0.717) is 18.8 Å². The summed E-state index contributed by atoms with van der Waals surface area (Å²) in [5.74, 6) is 0.609. The third kappa shape index (κ3) is 2.50. The van der Waals surface area contributed by atoms with Gasteiger partial charge in [0.25, 0.3) is 0 Å². The summed E-state index contributed by atoms with van der Waals surface area (Å²) in [4.78, 5) is 12.1. The van der Waals surface area contributed by atoms with Gasteiger partial charge in [0, 0.05) is 36.8 Å². The van der Waals surface area contributed by atoms with Crippen molar-refractivity contribution in [2.75, 3.05) is 5.32 Å². The number of rotatable bonds is 3. The van der Waals surface area contributed by atoms with Gasteiger partial charge in [0.05, 0.1) is 12.2 Å². The molecule has 1 atom stereocenters. The molecule has 0 saturated heterocycles. The van der Waals surface area contributed by atoms with Gasteiger partial charge in [0.2, 0.25) is 5.91 Å². The van der Waals surface area contributed by atoms with E-state index in [1.165, 1.54) is 5.56 Å². The molecule has 0 fully saturated rings. The zero-order valence-electron chi connectivity index (χ0n) is 13.7. The van der Waals surface area contributed by atoms with E-state index in [0.717, 1.165) is 17.0 Å². The maximum atomic E-state index is 12.1. The number of nitrogens with one attached hydrogen (secondary N) is 1. The Balaban J connectivity index is 1.75. The summed E-state index contributed by atoms with van der Waals surface area (Å²) < 4.78 is 3.73. The lowest BCUT2D eigenvalue weighted by molar-refractivity contribution is -0.116. The van der Waals surface area contributed by atoms with Crippen LogP contribution in [0, 0.1) is 6.92 Å². The molecule has 0 saturated carbocycles. The lowest BCUT2D eigenvalue weighted by Gasteiger charge is -2.20. The minimum absolute atomic E-state index is 0.0116. The first-order chi connectivity index (χ1) is 11.6. The highest BCUT2D eigenvalue weighted by Gasteiger charge is 2.33. The monoisotopic (exact) mass is 321 g/mol. The first-order valence-corrected chi connectivity index (χ1v) is 8.02. The molecule has 1 unspecified atom stereocenters. The SMILES string of the molecule is Cc1c2c(nn1Cc1ccccc1)NC(=O)CC2c1ccn(C)n1. The molecule has 4 rings (SSSR count). The smallest absolute Gasteiger partial charge is 0.226 e. The van der Waals surface area contributed by atoms with Gasteiger partial charge in [-0.3, -0.25) is 14.2 Å². The van der Waals surface area contributed by atoms with Gasteiger partial charge in [-0.05, 0) is 18.6 Å². The van der Waals surface area contributed by atoms with Crippen molar-refractivity contribution >= 4 is 11.7 Å². The number of amides is 1. The fourth-order valence-electron chi connectivity index (χ4n) is 3.32. The molecule has 3 aromatic rings. The lowest BCUT2D eigenvalue weighted by Crippen LogP contribution is -2.23. The fourth-order valence-corrected chi connectivity index (χ4v) is 3.32. The van der Waals surface area contributed by atoms with Crippen molar-refractivity contribution in [2.24, 2.45) is 7.05 Å². The van der Waals surface area contributed by atoms with Gasteiger partial charge in [-0.25, -0.2) is 0 Å². The average molecular weight is 321 g/mol. The normalized spacial score (nSPS) is 16.8. The summed E-state index contributed by atoms with van der Waals surface area (Å²) in [5, 5.41) is 12.0. The van der Waals surface area contributed by atoms with E-state index < -0.39 is 0 Å². The van der Waals surface area contributed by atoms with Gasteiger partial charge >= 0.3 is 0 Å². The first-order valence-electron chi connectivity index (χ1n) is 8.02. The predicted molar refractivity (Wildman–Crippen MR) is 90.8 cm³/mol. The summed E-state index contributed by atoms with van der Waals surface area (Å²) in [7, 11) is 1.89. The summed E-state index contributed by atoms with van der Waals surface area (Å²) >= 11 is 0. The minimum Gasteiger partial charge on any atom is -0.309 e. The highest BCUT2D eigenvalue weighted by atomic mass is 16.1. The zero-order valence-corrected chi connectivity index (χ0v) is 13.7. The van der Waals surface area contributed by atoms with Crippen molar-refractivity contribution in [3.8, 4) is 0 Å². The maximum Gasteiger partial charge on any atom is 0.226 e. The van der Waals surface area contributed by atoms with Gasteiger partial charge in [0.1, 0.15) is 0 Å². The number of anilines is 1. The lowest BCUT2D eigenvalue weighted by atomic mass is 9.89. The number of fused-ring (bicyclic) bond motifs is 1. The van der Waals surface area contributed by atoms with Gasteiger partial charge < -0.3 is 5.32 Å². The second-order valence-electron chi connectivity index (χ2n) is 6.21. The highest BCUT2D eigenvalue weighted by molar-refractivity contribution is 5.94. The Hall–Kier alpha value is -2.89. The second kappa shape index (κ2) is 5.63. The van der Waals surface area contributed by atoms with Crippen LogP contribution in [0.3, 0.4) is 0 Å². The number of aromatic nitrogens is 4.